The fourth-order valence-corrected chi connectivity index (χ4v) is 4.86. The predicted octanol–water partition coefficient (Wildman–Crippen LogP) is 6.36. The molecule has 0 radical (unpaired) electrons. The first kappa shape index (κ1) is 20.9. The molecule has 0 spiro atoms. The van der Waals surface area contributed by atoms with Gasteiger partial charge >= 0.3 is 5.97 Å². The summed E-state index contributed by atoms with van der Waals surface area (Å²) >= 11 is 6.21. The maximum Gasteiger partial charge on any atom is 0.326 e. The Balaban J connectivity index is 1.63. The van der Waals surface area contributed by atoms with Gasteiger partial charge in [0.1, 0.15) is 18.5 Å². The maximum atomic E-state index is 13.1. The van der Waals surface area contributed by atoms with E-state index < -0.39 is 0 Å². The van der Waals surface area contributed by atoms with E-state index in [0.717, 1.165) is 35.3 Å². The summed E-state index contributed by atoms with van der Waals surface area (Å²) in [6, 6.07) is 15.4. The normalized spacial score (nSPS) is 21.8. The number of carbonyl (C=O) groups is 1. The van der Waals surface area contributed by atoms with Gasteiger partial charge in [0.05, 0.1) is 11.0 Å². The number of nitrogens with zero attached hydrogens (tertiary/aromatic N) is 2. The van der Waals surface area contributed by atoms with E-state index >= 15 is 0 Å². The van der Waals surface area contributed by atoms with Crippen LogP contribution in [0, 0.1) is 17.8 Å². The molecule has 4 rings (SSSR count). The Bertz CT molecular complexity index is 1040. The van der Waals surface area contributed by atoms with Crippen LogP contribution in [0.4, 0.5) is 0 Å². The third-order valence-electron chi connectivity index (χ3n) is 6.27. The molecular formula is C25H29ClN2O2. The van der Waals surface area contributed by atoms with E-state index in [4.69, 9.17) is 21.3 Å². The van der Waals surface area contributed by atoms with E-state index in [0.29, 0.717) is 22.8 Å². The van der Waals surface area contributed by atoms with Gasteiger partial charge in [0, 0.05) is 10.6 Å². The summed E-state index contributed by atoms with van der Waals surface area (Å²) in [7, 11) is 0. The van der Waals surface area contributed by atoms with Crippen LogP contribution in [0.2, 0.25) is 5.02 Å². The van der Waals surface area contributed by atoms with Crippen LogP contribution in [0.5, 0.6) is 0 Å². The first-order valence-electron chi connectivity index (χ1n) is 10.8. The van der Waals surface area contributed by atoms with Crippen LogP contribution in [0.1, 0.15) is 40.0 Å². The Labute approximate surface area is 183 Å². The minimum Gasteiger partial charge on any atom is -0.461 e. The highest BCUT2D eigenvalue weighted by Gasteiger charge is 2.33. The molecule has 158 valence electrons. The van der Waals surface area contributed by atoms with Crippen LogP contribution in [-0.4, -0.2) is 21.6 Å². The molecule has 3 atom stereocenters. The van der Waals surface area contributed by atoms with Crippen molar-refractivity contribution >= 4 is 28.6 Å². The van der Waals surface area contributed by atoms with Gasteiger partial charge < -0.3 is 9.30 Å². The number of ether oxygens (including phenoxy) is 1. The van der Waals surface area contributed by atoms with Crippen LogP contribution in [0.15, 0.2) is 48.5 Å². The number of hydrogen-bond acceptors (Lipinski definition) is 3. The predicted molar refractivity (Wildman–Crippen MR) is 121 cm³/mol. The molecule has 2 aromatic carbocycles. The van der Waals surface area contributed by atoms with Crippen molar-refractivity contribution < 1.29 is 9.53 Å². The van der Waals surface area contributed by atoms with Crippen molar-refractivity contribution in [3.8, 4) is 11.4 Å². The fourth-order valence-electron chi connectivity index (χ4n) is 4.67. The van der Waals surface area contributed by atoms with Crippen LogP contribution >= 0.6 is 11.6 Å². The van der Waals surface area contributed by atoms with Gasteiger partial charge in [0.25, 0.3) is 0 Å². The third-order valence-corrected chi connectivity index (χ3v) is 6.50. The smallest absolute Gasteiger partial charge is 0.326 e. The molecular weight excluding hydrogens is 396 g/mol. The Hall–Kier alpha value is -2.33. The van der Waals surface area contributed by atoms with E-state index in [9.17, 15) is 4.79 Å². The Morgan fingerprint density at radius 2 is 2.00 bits per heavy atom. The molecule has 0 bridgehead atoms. The lowest BCUT2D eigenvalue weighted by atomic mass is 9.75. The molecule has 1 saturated carbocycles. The number of imidazole rings is 1. The molecule has 4 nitrogen and oxygen atoms in total. The monoisotopic (exact) mass is 424 g/mol. The highest BCUT2D eigenvalue weighted by Crippen LogP contribution is 2.35. The summed E-state index contributed by atoms with van der Waals surface area (Å²) in [4.78, 5) is 17.8. The molecule has 5 heteroatoms. The largest absolute Gasteiger partial charge is 0.461 e. The van der Waals surface area contributed by atoms with Crippen molar-refractivity contribution in [2.45, 2.75) is 52.7 Å². The van der Waals surface area contributed by atoms with Crippen LogP contribution < -0.4 is 0 Å². The number of fused-ring (bicyclic) bond motifs is 1. The first-order valence-corrected chi connectivity index (χ1v) is 11.2. The molecule has 0 saturated heterocycles. The van der Waals surface area contributed by atoms with Crippen LogP contribution in [0.25, 0.3) is 22.4 Å². The average molecular weight is 425 g/mol. The number of aromatic nitrogens is 2. The Morgan fingerprint density at radius 1 is 1.20 bits per heavy atom. The van der Waals surface area contributed by atoms with E-state index in [2.05, 4.69) is 20.8 Å². The molecule has 0 aliphatic heterocycles. The second-order valence-electron chi connectivity index (χ2n) is 8.88. The molecule has 0 amide bonds. The lowest BCUT2D eigenvalue weighted by molar-refractivity contribution is -0.156. The molecule has 1 fully saturated rings. The van der Waals surface area contributed by atoms with Crippen molar-refractivity contribution in [2.75, 3.05) is 0 Å². The van der Waals surface area contributed by atoms with Gasteiger partial charge in [-0.1, -0.05) is 63.1 Å². The minimum absolute atomic E-state index is 0.00865. The lowest BCUT2D eigenvalue weighted by Crippen LogP contribution is -2.36. The lowest BCUT2D eigenvalue weighted by Gasteiger charge is -2.36. The Kier molecular flexibility index (Phi) is 6.14. The third kappa shape index (κ3) is 4.39. The van der Waals surface area contributed by atoms with Crippen molar-refractivity contribution in [3.63, 3.8) is 0 Å². The zero-order chi connectivity index (χ0) is 21.3. The summed E-state index contributed by atoms with van der Waals surface area (Å²) in [5.74, 6) is 2.05. The molecule has 3 aromatic rings. The summed E-state index contributed by atoms with van der Waals surface area (Å²) in [6.07, 6.45) is 3.27. The second kappa shape index (κ2) is 8.81. The minimum atomic E-state index is -0.203. The maximum absolute atomic E-state index is 13.1. The van der Waals surface area contributed by atoms with E-state index in [-0.39, 0.29) is 18.6 Å². The number of benzene rings is 2. The SMILES string of the molecule is CC(C)[C@@H]1CC[C@@H](C)C[C@H]1OC(=O)Cn1c(-c2cccc(Cl)c2)nc2ccccc21. The van der Waals surface area contributed by atoms with Crippen molar-refractivity contribution in [3.05, 3.63) is 53.6 Å². The molecule has 1 aliphatic rings. The Morgan fingerprint density at radius 3 is 2.77 bits per heavy atom. The molecule has 0 N–H and O–H groups in total. The summed E-state index contributed by atoms with van der Waals surface area (Å²) < 4.78 is 8.00. The molecule has 0 unspecified atom stereocenters. The van der Waals surface area contributed by atoms with Gasteiger partial charge in [0.15, 0.2) is 0 Å². The first-order chi connectivity index (χ1) is 14.4. The van der Waals surface area contributed by atoms with Gasteiger partial charge in [-0.3, -0.25) is 4.79 Å². The van der Waals surface area contributed by atoms with Gasteiger partial charge in [-0.15, -0.1) is 0 Å². The number of hydrogen-bond donors (Lipinski definition) is 0. The highest BCUT2D eigenvalue weighted by atomic mass is 35.5. The van der Waals surface area contributed by atoms with Crippen molar-refractivity contribution in [2.24, 2.45) is 17.8 Å². The van der Waals surface area contributed by atoms with Gasteiger partial charge in [-0.25, -0.2) is 4.98 Å². The fraction of sp³-hybridized carbons (Fsp3) is 0.440. The number of esters is 1. The number of para-hydroxylation sites is 2. The number of halogens is 1. The average Bonchev–Trinajstić information content (AvgIpc) is 3.06. The summed E-state index contributed by atoms with van der Waals surface area (Å²) in [6.45, 7) is 6.83. The number of rotatable bonds is 5. The second-order valence-corrected chi connectivity index (χ2v) is 9.31. The van der Waals surface area contributed by atoms with Gasteiger partial charge in [-0.2, -0.15) is 0 Å². The standard InChI is InChI=1S/C25H29ClN2O2/c1-16(2)20-12-11-17(3)13-23(20)30-24(29)15-28-22-10-5-4-9-21(22)27-25(28)18-7-6-8-19(26)14-18/h4-10,14,16-17,20,23H,11-13,15H2,1-3H3/t17-,20+,23-/m1/s1. The van der Waals surface area contributed by atoms with Gasteiger partial charge in [-0.05, 0) is 54.9 Å². The highest BCUT2D eigenvalue weighted by molar-refractivity contribution is 6.30. The summed E-state index contributed by atoms with van der Waals surface area (Å²) in [5.41, 5.74) is 2.66. The van der Waals surface area contributed by atoms with E-state index in [1.165, 1.54) is 6.42 Å². The van der Waals surface area contributed by atoms with Crippen LogP contribution in [-0.2, 0) is 16.1 Å². The summed E-state index contributed by atoms with van der Waals surface area (Å²) in [5, 5.41) is 0.643. The molecule has 1 heterocycles. The molecule has 1 aromatic heterocycles. The zero-order valence-electron chi connectivity index (χ0n) is 17.8. The van der Waals surface area contributed by atoms with Crippen molar-refractivity contribution in [1.82, 2.24) is 9.55 Å². The molecule has 30 heavy (non-hydrogen) atoms. The van der Waals surface area contributed by atoms with E-state index in [1.807, 2.05) is 53.1 Å². The van der Waals surface area contributed by atoms with E-state index in [1.54, 1.807) is 0 Å². The van der Waals surface area contributed by atoms with Crippen molar-refractivity contribution in [1.29, 1.82) is 0 Å². The molecule has 1 aliphatic carbocycles. The zero-order valence-corrected chi connectivity index (χ0v) is 18.6. The quantitative estimate of drug-likeness (QED) is 0.447. The van der Waals surface area contributed by atoms with Crippen LogP contribution in [0.3, 0.4) is 0 Å². The van der Waals surface area contributed by atoms with Gasteiger partial charge in [0.2, 0.25) is 0 Å². The topological polar surface area (TPSA) is 44.1 Å². The number of carbonyl (C=O) groups excluding carboxylic acids is 1.